The summed E-state index contributed by atoms with van der Waals surface area (Å²) in [6, 6.07) is 11.5. The number of thiazole rings is 1. The Bertz CT molecular complexity index is 1050. The van der Waals surface area contributed by atoms with E-state index in [1.807, 2.05) is 6.07 Å². The molecule has 1 atom stereocenters. The molecule has 2 heterocycles. The summed E-state index contributed by atoms with van der Waals surface area (Å²) >= 11 is 1.16. The Balaban J connectivity index is 1.65. The predicted octanol–water partition coefficient (Wildman–Crippen LogP) is 2.80. The number of primary amides is 1. The van der Waals surface area contributed by atoms with E-state index in [0.717, 1.165) is 11.3 Å². The SMILES string of the molecule is Cc1nc(-c2ccccn2)sc1C(=O)O[C@@H](C)C(=O)Nc1ccc(C(N)=O)cc1. The van der Waals surface area contributed by atoms with Crippen LogP contribution in [0.4, 0.5) is 5.69 Å². The second kappa shape index (κ2) is 8.61. The Hall–Kier alpha value is -3.59. The molecule has 3 aromatic rings. The van der Waals surface area contributed by atoms with Crippen molar-refractivity contribution in [1.82, 2.24) is 9.97 Å². The van der Waals surface area contributed by atoms with Crippen molar-refractivity contribution >= 4 is 34.8 Å². The van der Waals surface area contributed by atoms with Crippen LogP contribution in [0.5, 0.6) is 0 Å². The van der Waals surface area contributed by atoms with Crippen molar-refractivity contribution in [3.8, 4) is 10.7 Å². The van der Waals surface area contributed by atoms with Gasteiger partial charge in [-0.2, -0.15) is 0 Å². The number of ether oxygens (including phenoxy) is 1. The number of anilines is 1. The minimum atomic E-state index is -1.03. The fourth-order valence-corrected chi connectivity index (χ4v) is 3.34. The van der Waals surface area contributed by atoms with Crippen LogP contribution in [0.2, 0.25) is 0 Å². The normalized spacial score (nSPS) is 11.5. The predicted molar refractivity (Wildman–Crippen MR) is 109 cm³/mol. The van der Waals surface area contributed by atoms with Crippen LogP contribution in [0.1, 0.15) is 32.6 Å². The summed E-state index contributed by atoms with van der Waals surface area (Å²) < 4.78 is 5.29. The molecule has 0 radical (unpaired) electrons. The van der Waals surface area contributed by atoms with Crippen molar-refractivity contribution in [2.45, 2.75) is 20.0 Å². The van der Waals surface area contributed by atoms with Gasteiger partial charge in [0.2, 0.25) is 5.91 Å². The molecule has 0 saturated heterocycles. The number of benzene rings is 1. The fourth-order valence-electron chi connectivity index (χ4n) is 2.41. The number of nitrogens with two attached hydrogens (primary N) is 1. The lowest BCUT2D eigenvalue weighted by Gasteiger charge is -2.13. The molecule has 29 heavy (non-hydrogen) atoms. The molecule has 0 unspecified atom stereocenters. The molecule has 3 rings (SSSR count). The highest BCUT2D eigenvalue weighted by Crippen LogP contribution is 2.27. The Morgan fingerprint density at radius 1 is 1.14 bits per heavy atom. The molecule has 1 aromatic carbocycles. The topological polar surface area (TPSA) is 124 Å². The summed E-state index contributed by atoms with van der Waals surface area (Å²) in [6.07, 6.45) is 0.616. The zero-order chi connectivity index (χ0) is 21.0. The maximum atomic E-state index is 12.5. The number of pyridine rings is 1. The van der Waals surface area contributed by atoms with Crippen molar-refractivity contribution in [2.24, 2.45) is 5.73 Å². The first kappa shape index (κ1) is 20.2. The number of aromatic nitrogens is 2. The van der Waals surface area contributed by atoms with Gasteiger partial charge in [0.05, 0.1) is 11.4 Å². The molecule has 2 aromatic heterocycles. The molecule has 9 heteroatoms. The molecule has 0 fully saturated rings. The van der Waals surface area contributed by atoms with Gasteiger partial charge in [0.15, 0.2) is 6.10 Å². The van der Waals surface area contributed by atoms with Crippen LogP contribution < -0.4 is 11.1 Å². The van der Waals surface area contributed by atoms with E-state index in [1.165, 1.54) is 19.1 Å². The molecule has 8 nitrogen and oxygen atoms in total. The molecule has 0 saturated carbocycles. The average Bonchev–Trinajstić information content (AvgIpc) is 3.11. The van der Waals surface area contributed by atoms with Crippen molar-refractivity contribution in [3.05, 3.63) is 64.8 Å². The van der Waals surface area contributed by atoms with Crippen LogP contribution >= 0.6 is 11.3 Å². The van der Waals surface area contributed by atoms with Crippen LogP contribution in [-0.2, 0) is 9.53 Å². The van der Waals surface area contributed by atoms with E-state index in [9.17, 15) is 14.4 Å². The van der Waals surface area contributed by atoms with Crippen LogP contribution in [0.3, 0.4) is 0 Å². The Morgan fingerprint density at radius 3 is 2.48 bits per heavy atom. The van der Waals surface area contributed by atoms with Gasteiger partial charge in [-0.15, -0.1) is 11.3 Å². The van der Waals surface area contributed by atoms with Gasteiger partial charge in [-0.1, -0.05) is 6.07 Å². The molecule has 0 aliphatic heterocycles. The Morgan fingerprint density at radius 2 is 1.86 bits per heavy atom. The lowest BCUT2D eigenvalue weighted by Crippen LogP contribution is -2.30. The van der Waals surface area contributed by atoms with E-state index in [4.69, 9.17) is 10.5 Å². The number of hydrogen-bond donors (Lipinski definition) is 2. The van der Waals surface area contributed by atoms with Crippen LogP contribution in [0.15, 0.2) is 48.7 Å². The number of aryl methyl sites for hydroxylation is 1. The van der Waals surface area contributed by atoms with Gasteiger partial charge in [0.1, 0.15) is 9.88 Å². The maximum Gasteiger partial charge on any atom is 0.351 e. The zero-order valence-electron chi connectivity index (χ0n) is 15.7. The van der Waals surface area contributed by atoms with E-state index < -0.39 is 23.9 Å². The number of carbonyl (C=O) groups is 3. The summed E-state index contributed by atoms with van der Waals surface area (Å²) in [5.41, 5.74) is 7.13. The third-order valence-corrected chi connectivity index (χ3v) is 5.12. The molecule has 0 aliphatic rings. The summed E-state index contributed by atoms with van der Waals surface area (Å²) in [4.78, 5) is 44.8. The number of hydrogen-bond acceptors (Lipinski definition) is 7. The first-order valence-electron chi connectivity index (χ1n) is 8.65. The smallest absolute Gasteiger partial charge is 0.351 e. The van der Waals surface area contributed by atoms with Crippen molar-refractivity contribution in [1.29, 1.82) is 0 Å². The van der Waals surface area contributed by atoms with Gasteiger partial charge in [-0.25, -0.2) is 9.78 Å². The van der Waals surface area contributed by atoms with Crippen molar-refractivity contribution in [3.63, 3.8) is 0 Å². The molecule has 148 valence electrons. The van der Waals surface area contributed by atoms with Crippen molar-refractivity contribution < 1.29 is 19.1 Å². The number of esters is 1. The molecular weight excluding hydrogens is 392 g/mol. The number of carbonyl (C=O) groups excluding carboxylic acids is 3. The molecule has 0 aliphatic carbocycles. The van der Waals surface area contributed by atoms with Crippen LogP contribution in [0, 0.1) is 6.92 Å². The molecule has 3 N–H and O–H groups in total. The lowest BCUT2D eigenvalue weighted by atomic mass is 10.2. The quantitative estimate of drug-likeness (QED) is 0.602. The molecule has 0 bridgehead atoms. The van der Waals surface area contributed by atoms with Gasteiger partial charge in [0.25, 0.3) is 5.91 Å². The highest BCUT2D eigenvalue weighted by atomic mass is 32.1. The first-order valence-corrected chi connectivity index (χ1v) is 9.47. The van der Waals surface area contributed by atoms with Crippen LogP contribution in [-0.4, -0.2) is 33.9 Å². The zero-order valence-corrected chi connectivity index (χ0v) is 16.5. The molecular formula is C20H18N4O4S. The lowest BCUT2D eigenvalue weighted by molar-refractivity contribution is -0.123. The summed E-state index contributed by atoms with van der Waals surface area (Å²) in [5, 5.41) is 3.22. The average molecular weight is 410 g/mol. The monoisotopic (exact) mass is 410 g/mol. The Kier molecular flexibility index (Phi) is 5.99. The number of nitrogens with one attached hydrogen (secondary N) is 1. The van der Waals surface area contributed by atoms with Gasteiger partial charge in [-0.3, -0.25) is 14.6 Å². The molecule has 0 spiro atoms. The minimum absolute atomic E-state index is 0.316. The highest BCUT2D eigenvalue weighted by molar-refractivity contribution is 7.17. The third kappa shape index (κ3) is 4.82. The third-order valence-electron chi connectivity index (χ3n) is 3.96. The van der Waals surface area contributed by atoms with Crippen molar-refractivity contribution in [2.75, 3.05) is 5.32 Å². The maximum absolute atomic E-state index is 12.5. The number of nitrogens with zero attached hydrogens (tertiary/aromatic N) is 2. The second-order valence-corrected chi connectivity index (χ2v) is 7.13. The highest BCUT2D eigenvalue weighted by Gasteiger charge is 2.23. The van der Waals surface area contributed by atoms with E-state index >= 15 is 0 Å². The number of rotatable bonds is 6. The van der Waals surface area contributed by atoms with Gasteiger partial charge in [-0.05, 0) is 50.2 Å². The summed E-state index contributed by atoms with van der Waals surface area (Å²) in [7, 11) is 0. The molecule has 2 amide bonds. The van der Waals surface area contributed by atoms with Gasteiger partial charge in [0, 0.05) is 17.4 Å². The Labute approximate surface area is 170 Å². The van der Waals surface area contributed by atoms with Crippen LogP contribution in [0.25, 0.3) is 10.7 Å². The summed E-state index contributed by atoms with van der Waals surface area (Å²) in [5.74, 6) is -1.69. The van der Waals surface area contributed by atoms with E-state index in [-0.39, 0.29) is 0 Å². The fraction of sp³-hybridized carbons (Fsp3) is 0.150. The van der Waals surface area contributed by atoms with Gasteiger partial charge >= 0.3 is 5.97 Å². The first-order chi connectivity index (χ1) is 13.8. The van der Waals surface area contributed by atoms with E-state index in [1.54, 1.807) is 37.4 Å². The standard InChI is InChI=1S/C20H18N4O4S/c1-11-16(29-19(23-11)15-5-3-4-10-22-15)20(27)28-12(2)18(26)24-14-8-6-13(7-9-14)17(21)25/h3-10,12H,1-2H3,(H2,21,25)(H,24,26)/t12-/m0/s1. The second-order valence-electron chi connectivity index (χ2n) is 6.13. The van der Waals surface area contributed by atoms with E-state index in [2.05, 4.69) is 15.3 Å². The minimum Gasteiger partial charge on any atom is -0.448 e. The van der Waals surface area contributed by atoms with E-state index in [0.29, 0.717) is 32.5 Å². The summed E-state index contributed by atoms with van der Waals surface area (Å²) in [6.45, 7) is 3.17. The van der Waals surface area contributed by atoms with Gasteiger partial charge < -0.3 is 15.8 Å². The number of amides is 2. The largest absolute Gasteiger partial charge is 0.448 e.